The van der Waals surface area contributed by atoms with Gasteiger partial charge in [-0.1, -0.05) is 25.7 Å². The van der Waals surface area contributed by atoms with Crippen LogP contribution in [0.4, 0.5) is 0 Å². The lowest BCUT2D eigenvalue weighted by atomic mass is 10.2. The van der Waals surface area contributed by atoms with Crippen LogP contribution >= 0.6 is 0 Å². The normalized spacial score (nSPS) is 10.8. The predicted octanol–water partition coefficient (Wildman–Crippen LogP) is 2.51. The molecular formula is C12H26NO2. The number of hydrogen-bond acceptors (Lipinski definition) is 2. The first-order chi connectivity index (χ1) is 7.41. The fourth-order valence-corrected chi connectivity index (χ4v) is 1.46. The minimum atomic E-state index is 0.0714. The van der Waals surface area contributed by atoms with Crippen LogP contribution in [-0.4, -0.2) is 26.4 Å². The van der Waals surface area contributed by atoms with Gasteiger partial charge in [0.1, 0.15) is 0 Å². The van der Waals surface area contributed by atoms with E-state index in [1.807, 2.05) is 0 Å². The Bertz CT molecular complexity index is 97.8. The number of hydrogen-bond donors (Lipinski definition) is 1. The van der Waals surface area contributed by atoms with Crippen molar-refractivity contribution in [2.24, 2.45) is 5.73 Å². The van der Waals surface area contributed by atoms with Gasteiger partial charge in [0.15, 0.2) is 0 Å². The summed E-state index contributed by atoms with van der Waals surface area (Å²) in [6, 6.07) is 0. The van der Waals surface area contributed by atoms with E-state index in [2.05, 4.69) is 0 Å². The Hall–Kier alpha value is -0.120. The molecule has 0 fully saturated rings. The van der Waals surface area contributed by atoms with E-state index < -0.39 is 0 Å². The minimum Gasteiger partial charge on any atom is -0.381 e. The van der Waals surface area contributed by atoms with E-state index >= 15 is 0 Å². The fraction of sp³-hybridized carbons (Fsp3) is 1.00. The molecule has 1 radical (unpaired) electrons. The molecule has 0 aromatic heterocycles. The van der Waals surface area contributed by atoms with E-state index in [1.54, 1.807) is 0 Å². The van der Waals surface area contributed by atoms with Gasteiger partial charge < -0.3 is 10.5 Å². The summed E-state index contributed by atoms with van der Waals surface area (Å²) in [5.41, 5.74) is 5.40. The number of ether oxygens (including phenoxy) is 1. The van der Waals surface area contributed by atoms with E-state index in [9.17, 15) is 5.11 Å². The molecule has 0 aromatic rings. The second-order valence-electron chi connectivity index (χ2n) is 3.93. The Morgan fingerprint density at radius 3 is 1.80 bits per heavy atom. The van der Waals surface area contributed by atoms with Crippen molar-refractivity contribution in [2.45, 2.75) is 51.4 Å². The van der Waals surface area contributed by atoms with Crippen molar-refractivity contribution in [1.29, 1.82) is 0 Å². The van der Waals surface area contributed by atoms with Gasteiger partial charge in [0.25, 0.3) is 0 Å². The van der Waals surface area contributed by atoms with Gasteiger partial charge in [-0.3, -0.25) is 0 Å². The van der Waals surface area contributed by atoms with Gasteiger partial charge in [0.05, 0.1) is 6.61 Å². The molecule has 0 aliphatic heterocycles. The molecule has 0 saturated heterocycles. The largest absolute Gasteiger partial charge is 0.381 e. The van der Waals surface area contributed by atoms with Crippen molar-refractivity contribution < 1.29 is 9.84 Å². The zero-order chi connectivity index (χ0) is 11.2. The summed E-state index contributed by atoms with van der Waals surface area (Å²) < 4.78 is 5.48. The molecule has 0 aliphatic rings. The lowest BCUT2D eigenvalue weighted by Crippen LogP contribution is -2.00. The lowest BCUT2D eigenvalue weighted by molar-refractivity contribution is 0.124. The standard InChI is InChI=1S/C12H26NO2/c13-9-5-1-3-7-11-15-12-8-4-2-6-10-14/h1-13H2. The first-order valence-corrected chi connectivity index (χ1v) is 6.27. The summed E-state index contributed by atoms with van der Waals surface area (Å²) in [6.45, 7) is 2.62. The van der Waals surface area contributed by atoms with Crippen LogP contribution in [0.15, 0.2) is 0 Å². The van der Waals surface area contributed by atoms with E-state index in [1.165, 1.54) is 12.8 Å². The van der Waals surface area contributed by atoms with Crippen molar-refractivity contribution in [1.82, 2.24) is 0 Å². The van der Waals surface area contributed by atoms with Gasteiger partial charge in [0, 0.05) is 13.2 Å². The van der Waals surface area contributed by atoms with E-state index in [4.69, 9.17) is 10.5 Å². The van der Waals surface area contributed by atoms with Crippen molar-refractivity contribution in [3.05, 3.63) is 0 Å². The second-order valence-corrected chi connectivity index (χ2v) is 3.93. The summed E-state index contributed by atoms with van der Waals surface area (Å²) in [4.78, 5) is 0. The fourth-order valence-electron chi connectivity index (χ4n) is 1.46. The summed E-state index contributed by atoms with van der Waals surface area (Å²) in [6.07, 6.45) is 8.85. The monoisotopic (exact) mass is 216 g/mol. The maximum Gasteiger partial charge on any atom is 0.0822 e. The van der Waals surface area contributed by atoms with Crippen LogP contribution in [0.25, 0.3) is 0 Å². The van der Waals surface area contributed by atoms with Crippen molar-refractivity contribution in [3.8, 4) is 0 Å². The zero-order valence-electron chi connectivity index (χ0n) is 9.88. The molecular weight excluding hydrogens is 190 g/mol. The molecule has 91 valence electrons. The summed E-state index contributed by atoms with van der Waals surface area (Å²) in [5.74, 6) is 0. The first kappa shape index (κ1) is 14.9. The molecule has 0 saturated carbocycles. The third kappa shape index (κ3) is 13.9. The number of nitrogens with two attached hydrogens (primary N) is 1. The molecule has 0 atom stereocenters. The SMILES string of the molecule is NCCCCCCOCCCCCC[O]. The quantitative estimate of drug-likeness (QED) is 0.510. The van der Waals surface area contributed by atoms with Crippen LogP contribution in [0, 0.1) is 0 Å². The van der Waals surface area contributed by atoms with E-state index in [0.29, 0.717) is 0 Å². The highest BCUT2D eigenvalue weighted by molar-refractivity contribution is 4.44. The van der Waals surface area contributed by atoms with Crippen LogP contribution < -0.4 is 5.73 Å². The average Bonchev–Trinajstić information content (AvgIpc) is 2.26. The van der Waals surface area contributed by atoms with Crippen LogP contribution in [0.5, 0.6) is 0 Å². The number of rotatable bonds is 12. The van der Waals surface area contributed by atoms with E-state index in [0.717, 1.165) is 58.3 Å². The molecule has 0 heterocycles. The Morgan fingerprint density at radius 1 is 0.733 bits per heavy atom. The molecule has 0 aliphatic carbocycles. The highest BCUT2D eigenvalue weighted by Gasteiger charge is 1.92. The Balaban J connectivity index is 2.81. The van der Waals surface area contributed by atoms with Crippen molar-refractivity contribution in [3.63, 3.8) is 0 Å². The maximum atomic E-state index is 10.2. The summed E-state index contributed by atoms with van der Waals surface area (Å²) in [7, 11) is 0. The highest BCUT2D eigenvalue weighted by atomic mass is 16.5. The van der Waals surface area contributed by atoms with E-state index in [-0.39, 0.29) is 6.61 Å². The minimum absolute atomic E-state index is 0.0714. The predicted molar refractivity (Wildman–Crippen MR) is 62.4 cm³/mol. The molecule has 2 N–H and O–H groups in total. The van der Waals surface area contributed by atoms with Gasteiger partial charge >= 0.3 is 0 Å². The molecule has 0 amide bonds. The van der Waals surface area contributed by atoms with Crippen LogP contribution in [0.2, 0.25) is 0 Å². The summed E-state index contributed by atoms with van der Waals surface area (Å²) >= 11 is 0. The van der Waals surface area contributed by atoms with Gasteiger partial charge in [-0.05, 0) is 32.2 Å². The Morgan fingerprint density at radius 2 is 1.27 bits per heavy atom. The molecule has 3 heteroatoms. The molecule has 0 bridgehead atoms. The Kier molecular flexibility index (Phi) is 13.8. The summed E-state index contributed by atoms with van der Waals surface area (Å²) in [5, 5.41) is 10.2. The molecule has 0 aromatic carbocycles. The molecule has 0 unspecified atom stereocenters. The van der Waals surface area contributed by atoms with Crippen LogP contribution in [-0.2, 0) is 9.84 Å². The molecule has 15 heavy (non-hydrogen) atoms. The number of unbranched alkanes of at least 4 members (excludes halogenated alkanes) is 6. The van der Waals surface area contributed by atoms with Crippen molar-refractivity contribution >= 4 is 0 Å². The molecule has 0 rings (SSSR count). The lowest BCUT2D eigenvalue weighted by Gasteiger charge is -2.03. The smallest absolute Gasteiger partial charge is 0.0822 e. The first-order valence-electron chi connectivity index (χ1n) is 6.27. The maximum absolute atomic E-state index is 10.2. The second kappa shape index (κ2) is 13.9. The van der Waals surface area contributed by atoms with Gasteiger partial charge in [-0.15, -0.1) is 0 Å². The van der Waals surface area contributed by atoms with Crippen molar-refractivity contribution in [2.75, 3.05) is 26.4 Å². The van der Waals surface area contributed by atoms with Gasteiger partial charge in [0.2, 0.25) is 0 Å². The van der Waals surface area contributed by atoms with Gasteiger partial charge in [-0.25, -0.2) is 5.11 Å². The van der Waals surface area contributed by atoms with Crippen LogP contribution in [0.1, 0.15) is 51.4 Å². The highest BCUT2D eigenvalue weighted by Crippen LogP contribution is 2.01. The topological polar surface area (TPSA) is 55.1 Å². The van der Waals surface area contributed by atoms with Gasteiger partial charge in [-0.2, -0.15) is 0 Å². The average molecular weight is 216 g/mol. The molecule has 0 spiro atoms. The third-order valence-corrected chi connectivity index (χ3v) is 2.43. The van der Waals surface area contributed by atoms with Crippen LogP contribution in [0.3, 0.4) is 0 Å². The third-order valence-electron chi connectivity index (χ3n) is 2.43. The zero-order valence-corrected chi connectivity index (χ0v) is 9.88. The Labute approximate surface area is 94.0 Å². The molecule has 3 nitrogen and oxygen atoms in total.